The van der Waals surface area contributed by atoms with E-state index in [4.69, 9.17) is 0 Å². The predicted molar refractivity (Wildman–Crippen MR) is 58.3 cm³/mol. The van der Waals surface area contributed by atoms with E-state index in [1.165, 1.54) is 0 Å². The normalized spacial score (nSPS) is 29.8. The summed E-state index contributed by atoms with van der Waals surface area (Å²) in [7, 11) is 0. The van der Waals surface area contributed by atoms with E-state index < -0.39 is 6.43 Å². The largest absolute Gasteiger partial charge is 0.312 e. The molecular formula is C11H22F2N2. The summed E-state index contributed by atoms with van der Waals surface area (Å²) in [4.78, 5) is 1.91. The molecular weight excluding hydrogens is 198 g/mol. The van der Waals surface area contributed by atoms with Gasteiger partial charge in [0.1, 0.15) is 0 Å². The number of halogens is 2. The van der Waals surface area contributed by atoms with Gasteiger partial charge in [-0.15, -0.1) is 0 Å². The number of nitrogens with one attached hydrogen (secondary N) is 1. The van der Waals surface area contributed by atoms with Crippen LogP contribution in [0.25, 0.3) is 0 Å². The number of hydrogen-bond acceptors (Lipinski definition) is 2. The standard InChI is InChI=1S/C11H22F2N2/c1-8(2)10-6-15(7-11(12)13)9(3)4-5-14-10/h8-11,14H,4-7H2,1-3H3. The fourth-order valence-electron chi connectivity index (χ4n) is 2.04. The van der Waals surface area contributed by atoms with Crippen LogP contribution in [0.5, 0.6) is 0 Å². The molecule has 0 saturated carbocycles. The van der Waals surface area contributed by atoms with Crippen molar-refractivity contribution in [3.05, 3.63) is 0 Å². The summed E-state index contributed by atoms with van der Waals surface area (Å²) < 4.78 is 24.8. The molecule has 0 aliphatic carbocycles. The van der Waals surface area contributed by atoms with Crippen molar-refractivity contribution in [2.45, 2.75) is 45.7 Å². The third-order valence-electron chi connectivity index (χ3n) is 3.20. The van der Waals surface area contributed by atoms with Crippen LogP contribution in [0.15, 0.2) is 0 Å². The van der Waals surface area contributed by atoms with Gasteiger partial charge in [-0.25, -0.2) is 8.78 Å². The summed E-state index contributed by atoms with van der Waals surface area (Å²) >= 11 is 0. The van der Waals surface area contributed by atoms with Crippen molar-refractivity contribution in [3.63, 3.8) is 0 Å². The summed E-state index contributed by atoms with van der Waals surface area (Å²) in [6.07, 6.45) is -1.27. The molecule has 90 valence electrons. The lowest BCUT2D eigenvalue weighted by Crippen LogP contribution is -2.44. The minimum absolute atomic E-state index is 0.0912. The molecule has 1 aliphatic heterocycles. The number of nitrogens with zero attached hydrogens (tertiary/aromatic N) is 1. The van der Waals surface area contributed by atoms with Crippen LogP contribution in [-0.4, -0.2) is 43.0 Å². The molecule has 0 aromatic carbocycles. The van der Waals surface area contributed by atoms with Crippen LogP contribution in [0.4, 0.5) is 8.78 Å². The van der Waals surface area contributed by atoms with Crippen molar-refractivity contribution < 1.29 is 8.78 Å². The maximum absolute atomic E-state index is 12.4. The molecule has 1 rings (SSSR count). The minimum Gasteiger partial charge on any atom is -0.312 e. The second-order valence-corrected chi connectivity index (χ2v) is 4.79. The van der Waals surface area contributed by atoms with Gasteiger partial charge in [0.15, 0.2) is 0 Å². The molecule has 0 radical (unpaired) electrons. The highest BCUT2D eigenvalue weighted by molar-refractivity contribution is 4.82. The van der Waals surface area contributed by atoms with Crippen LogP contribution in [-0.2, 0) is 0 Å². The zero-order chi connectivity index (χ0) is 11.4. The predicted octanol–water partition coefficient (Wildman–Crippen LogP) is 1.96. The molecule has 1 heterocycles. The topological polar surface area (TPSA) is 15.3 Å². The first-order valence-corrected chi connectivity index (χ1v) is 5.76. The zero-order valence-corrected chi connectivity index (χ0v) is 9.84. The van der Waals surface area contributed by atoms with Gasteiger partial charge in [-0.3, -0.25) is 4.90 Å². The number of rotatable bonds is 3. The van der Waals surface area contributed by atoms with E-state index in [1.54, 1.807) is 0 Å². The smallest absolute Gasteiger partial charge is 0.251 e. The molecule has 0 aromatic rings. The lowest BCUT2D eigenvalue weighted by molar-refractivity contribution is 0.0660. The van der Waals surface area contributed by atoms with Crippen molar-refractivity contribution in [3.8, 4) is 0 Å². The van der Waals surface area contributed by atoms with Crippen molar-refractivity contribution in [2.24, 2.45) is 5.92 Å². The first-order valence-electron chi connectivity index (χ1n) is 5.76. The number of alkyl halides is 2. The lowest BCUT2D eigenvalue weighted by Gasteiger charge is -2.30. The van der Waals surface area contributed by atoms with Gasteiger partial charge < -0.3 is 5.32 Å². The third-order valence-corrected chi connectivity index (χ3v) is 3.20. The first kappa shape index (κ1) is 12.8. The molecule has 4 heteroatoms. The minimum atomic E-state index is -2.22. The van der Waals surface area contributed by atoms with E-state index in [0.29, 0.717) is 12.0 Å². The van der Waals surface area contributed by atoms with Gasteiger partial charge in [-0.1, -0.05) is 13.8 Å². The Labute approximate surface area is 91.0 Å². The van der Waals surface area contributed by atoms with E-state index >= 15 is 0 Å². The molecule has 2 nitrogen and oxygen atoms in total. The molecule has 0 aromatic heterocycles. The van der Waals surface area contributed by atoms with Gasteiger partial charge >= 0.3 is 0 Å². The summed E-state index contributed by atoms with van der Waals surface area (Å²) in [5.74, 6) is 0.496. The third kappa shape index (κ3) is 4.03. The van der Waals surface area contributed by atoms with E-state index in [9.17, 15) is 8.78 Å². The second-order valence-electron chi connectivity index (χ2n) is 4.79. The van der Waals surface area contributed by atoms with Crippen LogP contribution < -0.4 is 5.32 Å². The van der Waals surface area contributed by atoms with Crippen LogP contribution in [0, 0.1) is 5.92 Å². The highest BCUT2D eigenvalue weighted by Gasteiger charge is 2.26. The van der Waals surface area contributed by atoms with Crippen molar-refractivity contribution in [1.82, 2.24) is 10.2 Å². The van der Waals surface area contributed by atoms with Gasteiger partial charge in [-0.05, 0) is 25.8 Å². The maximum Gasteiger partial charge on any atom is 0.251 e. The Hall–Kier alpha value is -0.220. The van der Waals surface area contributed by atoms with E-state index in [2.05, 4.69) is 19.2 Å². The highest BCUT2D eigenvalue weighted by atomic mass is 19.3. The van der Waals surface area contributed by atoms with Crippen molar-refractivity contribution in [2.75, 3.05) is 19.6 Å². The SMILES string of the molecule is CC(C)C1CN(CC(F)F)C(C)CCN1. The fourth-order valence-corrected chi connectivity index (χ4v) is 2.04. The molecule has 2 atom stereocenters. The number of hydrogen-bond donors (Lipinski definition) is 1. The van der Waals surface area contributed by atoms with Crippen LogP contribution in [0.2, 0.25) is 0 Å². The van der Waals surface area contributed by atoms with Gasteiger partial charge in [-0.2, -0.15) is 0 Å². The summed E-state index contributed by atoms with van der Waals surface area (Å²) in [6.45, 7) is 7.88. The van der Waals surface area contributed by atoms with E-state index in [-0.39, 0.29) is 12.6 Å². The van der Waals surface area contributed by atoms with Gasteiger partial charge in [0.25, 0.3) is 6.43 Å². The molecule has 0 bridgehead atoms. The van der Waals surface area contributed by atoms with Crippen molar-refractivity contribution in [1.29, 1.82) is 0 Å². The van der Waals surface area contributed by atoms with Crippen LogP contribution in [0.3, 0.4) is 0 Å². The summed E-state index contributed by atoms with van der Waals surface area (Å²) in [6, 6.07) is 0.601. The quantitative estimate of drug-likeness (QED) is 0.782. The summed E-state index contributed by atoms with van der Waals surface area (Å²) in [5.41, 5.74) is 0. The molecule has 2 unspecified atom stereocenters. The first-order chi connectivity index (χ1) is 7.00. The Kier molecular flexibility index (Phi) is 4.93. The average molecular weight is 220 g/mol. The Morgan fingerprint density at radius 3 is 2.60 bits per heavy atom. The van der Waals surface area contributed by atoms with E-state index in [0.717, 1.165) is 19.5 Å². The lowest BCUT2D eigenvalue weighted by atomic mass is 10.0. The summed E-state index contributed by atoms with van der Waals surface area (Å²) in [5, 5.41) is 3.43. The van der Waals surface area contributed by atoms with Gasteiger partial charge in [0.05, 0.1) is 6.54 Å². The zero-order valence-electron chi connectivity index (χ0n) is 9.84. The van der Waals surface area contributed by atoms with Crippen molar-refractivity contribution >= 4 is 0 Å². The average Bonchev–Trinajstić information content (AvgIpc) is 2.28. The van der Waals surface area contributed by atoms with Gasteiger partial charge in [0.2, 0.25) is 0 Å². The molecule has 1 saturated heterocycles. The highest BCUT2D eigenvalue weighted by Crippen LogP contribution is 2.14. The monoisotopic (exact) mass is 220 g/mol. The maximum atomic E-state index is 12.4. The molecule has 1 N–H and O–H groups in total. The van der Waals surface area contributed by atoms with Gasteiger partial charge in [0, 0.05) is 18.6 Å². The fraction of sp³-hybridized carbons (Fsp3) is 1.00. The Morgan fingerprint density at radius 2 is 2.07 bits per heavy atom. The second kappa shape index (κ2) is 5.75. The Balaban J connectivity index is 2.56. The molecule has 15 heavy (non-hydrogen) atoms. The molecule has 0 amide bonds. The molecule has 0 spiro atoms. The van der Waals surface area contributed by atoms with E-state index in [1.807, 2.05) is 11.8 Å². The van der Waals surface area contributed by atoms with Crippen LogP contribution >= 0.6 is 0 Å². The molecule has 1 fully saturated rings. The Morgan fingerprint density at radius 1 is 1.40 bits per heavy atom. The van der Waals surface area contributed by atoms with Crippen LogP contribution in [0.1, 0.15) is 27.2 Å². The Bertz CT molecular complexity index is 185. The molecule has 1 aliphatic rings.